The van der Waals surface area contributed by atoms with Crippen LogP contribution in [0.3, 0.4) is 0 Å². The number of piperidine rings is 1. The number of carbonyl (C=O) groups is 1. The lowest BCUT2D eigenvalue weighted by Gasteiger charge is -2.34. The summed E-state index contributed by atoms with van der Waals surface area (Å²) in [6.07, 6.45) is 6.36. The number of rotatable bonds is 6. The number of halogens is 1. The summed E-state index contributed by atoms with van der Waals surface area (Å²) in [6.45, 7) is 8.51. The molecule has 0 saturated carbocycles. The molecule has 29 heavy (non-hydrogen) atoms. The molecule has 0 bridgehead atoms. The number of allylic oxidation sites excluding steroid dienone is 1. The number of anilines is 1. The van der Waals surface area contributed by atoms with Crippen molar-refractivity contribution in [2.45, 2.75) is 32.7 Å². The Bertz CT molecular complexity index is 912. The predicted octanol–water partition coefficient (Wildman–Crippen LogP) is 4.10. The molecule has 0 aliphatic carbocycles. The van der Waals surface area contributed by atoms with Crippen molar-refractivity contribution in [3.05, 3.63) is 54.1 Å². The maximum absolute atomic E-state index is 13.9. The van der Waals surface area contributed by atoms with Crippen LogP contribution in [0, 0.1) is 5.82 Å². The second kappa shape index (κ2) is 9.32. The summed E-state index contributed by atoms with van der Waals surface area (Å²) in [4.78, 5) is 21.2. The van der Waals surface area contributed by atoms with Crippen molar-refractivity contribution in [3.8, 4) is 5.75 Å². The second-order valence-corrected chi connectivity index (χ2v) is 6.91. The van der Waals surface area contributed by atoms with Gasteiger partial charge in [0.25, 0.3) is 0 Å². The van der Waals surface area contributed by atoms with E-state index in [0.717, 1.165) is 37.8 Å². The Morgan fingerprint density at radius 2 is 2.14 bits per heavy atom. The number of nitrogens with one attached hydrogen (secondary N) is 1. The molecule has 3 rings (SSSR count). The van der Waals surface area contributed by atoms with Crippen molar-refractivity contribution in [1.29, 1.82) is 0 Å². The molecule has 0 radical (unpaired) electrons. The van der Waals surface area contributed by atoms with Gasteiger partial charge in [-0.05, 0) is 56.8 Å². The van der Waals surface area contributed by atoms with Crippen LogP contribution in [0.4, 0.5) is 15.8 Å². The Labute approximate surface area is 170 Å². The minimum atomic E-state index is -0.547. The van der Waals surface area contributed by atoms with Gasteiger partial charge < -0.3 is 15.0 Å². The molecule has 1 aromatic heterocycles. The average molecular weight is 396 g/mol. The molecule has 1 amide bonds. The summed E-state index contributed by atoms with van der Waals surface area (Å²) in [5, 5.41) is 3.00. The maximum atomic E-state index is 13.9. The summed E-state index contributed by atoms with van der Waals surface area (Å²) in [5.41, 5.74) is 1.62. The van der Waals surface area contributed by atoms with Gasteiger partial charge in [0, 0.05) is 37.9 Å². The summed E-state index contributed by atoms with van der Waals surface area (Å²) < 4.78 is 19.9. The topological polar surface area (TPSA) is 66.8 Å². The van der Waals surface area contributed by atoms with Crippen molar-refractivity contribution in [2.24, 2.45) is 4.99 Å². The maximum Gasteiger partial charge on any atom is 0.217 e. The fourth-order valence-corrected chi connectivity index (χ4v) is 3.51. The number of hydrogen-bond donors (Lipinski definition) is 1. The monoisotopic (exact) mass is 396 g/mol. The van der Waals surface area contributed by atoms with Gasteiger partial charge in [0.2, 0.25) is 5.91 Å². The van der Waals surface area contributed by atoms with E-state index in [0.29, 0.717) is 17.1 Å². The van der Waals surface area contributed by atoms with E-state index in [2.05, 4.69) is 26.9 Å². The number of pyridine rings is 1. The lowest BCUT2D eigenvalue weighted by atomic mass is 10.0. The van der Waals surface area contributed by atoms with Gasteiger partial charge in [0.05, 0.1) is 11.8 Å². The number of amides is 1. The van der Waals surface area contributed by atoms with Gasteiger partial charge in [0.15, 0.2) is 5.82 Å². The zero-order valence-corrected chi connectivity index (χ0v) is 16.7. The van der Waals surface area contributed by atoms with Crippen molar-refractivity contribution < 1.29 is 13.9 Å². The van der Waals surface area contributed by atoms with Crippen LogP contribution < -0.4 is 15.0 Å². The molecule has 7 heteroatoms. The molecule has 1 atom stereocenters. The van der Waals surface area contributed by atoms with Crippen LogP contribution >= 0.6 is 0 Å². The first-order valence-electron chi connectivity index (χ1n) is 9.58. The third kappa shape index (κ3) is 4.99. The Morgan fingerprint density at radius 3 is 2.79 bits per heavy atom. The highest BCUT2D eigenvalue weighted by Gasteiger charge is 2.21. The van der Waals surface area contributed by atoms with E-state index in [1.54, 1.807) is 19.9 Å². The Balaban J connectivity index is 1.72. The van der Waals surface area contributed by atoms with Crippen LogP contribution in [-0.2, 0) is 4.79 Å². The molecule has 0 spiro atoms. The average Bonchev–Trinajstić information content (AvgIpc) is 2.72. The molecule has 1 aliphatic rings. The molecular formula is C22H25FN4O2. The fraction of sp³-hybridized carbons (Fsp3) is 0.318. The first-order valence-corrected chi connectivity index (χ1v) is 9.58. The highest BCUT2D eigenvalue weighted by atomic mass is 19.1. The highest BCUT2D eigenvalue weighted by molar-refractivity contribution is 5.73. The van der Waals surface area contributed by atoms with Crippen LogP contribution in [-0.4, -0.2) is 36.7 Å². The number of hydrogen-bond acceptors (Lipinski definition) is 5. The van der Waals surface area contributed by atoms with E-state index in [4.69, 9.17) is 4.74 Å². The van der Waals surface area contributed by atoms with E-state index >= 15 is 0 Å². The van der Waals surface area contributed by atoms with E-state index in [-0.39, 0.29) is 17.6 Å². The molecule has 1 unspecified atom stereocenters. The van der Waals surface area contributed by atoms with E-state index in [9.17, 15) is 9.18 Å². The summed E-state index contributed by atoms with van der Waals surface area (Å²) in [6, 6.07) is 7.87. The molecule has 2 aromatic rings. The standard InChI is InChI=1S/C22H25FN4O2/c1-4-21(19-12-25-13-20(23)22(19)24-3)29-18-9-7-17(8-10-18)27-11-5-6-16(14-27)26-15(2)28/h4,7-10,12-13,16H,3,5-6,11,14H2,1-2H3,(H,26,28)/b21-4+. The predicted molar refractivity (Wildman–Crippen MR) is 113 cm³/mol. The number of nitrogens with zero attached hydrogens (tertiary/aromatic N) is 3. The van der Waals surface area contributed by atoms with Gasteiger partial charge in [-0.25, -0.2) is 4.39 Å². The van der Waals surface area contributed by atoms with Crippen LogP contribution in [0.5, 0.6) is 5.75 Å². The zero-order valence-electron chi connectivity index (χ0n) is 16.7. The van der Waals surface area contributed by atoms with Crippen LogP contribution in [0.15, 0.2) is 47.7 Å². The van der Waals surface area contributed by atoms with E-state index < -0.39 is 5.82 Å². The number of ether oxygens (including phenoxy) is 1. The zero-order chi connectivity index (χ0) is 20.8. The van der Waals surface area contributed by atoms with Crippen molar-refractivity contribution in [3.63, 3.8) is 0 Å². The lowest BCUT2D eigenvalue weighted by molar-refractivity contribution is -0.119. The van der Waals surface area contributed by atoms with Gasteiger partial charge in [-0.1, -0.05) is 0 Å². The summed E-state index contributed by atoms with van der Waals surface area (Å²) in [5.74, 6) is 0.529. The quantitative estimate of drug-likeness (QED) is 0.590. The van der Waals surface area contributed by atoms with Gasteiger partial charge >= 0.3 is 0 Å². The molecule has 1 N–H and O–H groups in total. The number of carbonyl (C=O) groups excluding carboxylic acids is 1. The Hall–Kier alpha value is -3.22. The molecule has 2 heterocycles. The Kier molecular flexibility index (Phi) is 6.59. The lowest BCUT2D eigenvalue weighted by Crippen LogP contribution is -2.47. The normalized spacial score (nSPS) is 17.0. The molecular weight excluding hydrogens is 371 g/mol. The molecule has 1 fully saturated rings. The third-order valence-electron chi connectivity index (χ3n) is 4.82. The van der Waals surface area contributed by atoms with Gasteiger partial charge in [0.1, 0.15) is 17.2 Å². The molecule has 1 aliphatic heterocycles. The minimum Gasteiger partial charge on any atom is -0.457 e. The van der Waals surface area contributed by atoms with E-state index in [1.807, 2.05) is 24.3 Å². The first kappa shape index (κ1) is 20.5. The van der Waals surface area contributed by atoms with Crippen molar-refractivity contribution in [2.75, 3.05) is 18.0 Å². The molecule has 152 valence electrons. The van der Waals surface area contributed by atoms with Crippen molar-refractivity contribution >= 4 is 29.8 Å². The number of benzene rings is 1. The second-order valence-electron chi connectivity index (χ2n) is 6.91. The van der Waals surface area contributed by atoms with Gasteiger partial charge in [-0.15, -0.1) is 0 Å². The third-order valence-corrected chi connectivity index (χ3v) is 4.82. The number of aliphatic imine (C=N–C) groups is 1. The SMILES string of the molecule is C=Nc1c(F)cncc1/C(=C\C)Oc1ccc(N2CCCC(NC(C)=O)C2)cc1. The van der Waals surface area contributed by atoms with Crippen LogP contribution in [0.1, 0.15) is 32.3 Å². The largest absolute Gasteiger partial charge is 0.457 e. The molecule has 1 aromatic carbocycles. The van der Waals surface area contributed by atoms with Crippen LogP contribution in [0.2, 0.25) is 0 Å². The van der Waals surface area contributed by atoms with E-state index in [1.165, 1.54) is 6.20 Å². The first-order chi connectivity index (χ1) is 14.0. The minimum absolute atomic E-state index is 0.000276. The Morgan fingerprint density at radius 1 is 1.38 bits per heavy atom. The van der Waals surface area contributed by atoms with Crippen molar-refractivity contribution in [1.82, 2.24) is 10.3 Å². The summed E-state index contributed by atoms with van der Waals surface area (Å²) in [7, 11) is 0. The van der Waals surface area contributed by atoms with Gasteiger partial charge in [-0.2, -0.15) is 0 Å². The summed E-state index contributed by atoms with van der Waals surface area (Å²) >= 11 is 0. The van der Waals surface area contributed by atoms with Gasteiger partial charge in [-0.3, -0.25) is 14.8 Å². The molecule has 1 saturated heterocycles. The number of aromatic nitrogens is 1. The smallest absolute Gasteiger partial charge is 0.217 e. The van der Waals surface area contributed by atoms with Crippen LogP contribution in [0.25, 0.3) is 5.76 Å². The fourth-order valence-electron chi connectivity index (χ4n) is 3.51. The molecule has 6 nitrogen and oxygen atoms in total. The highest BCUT2D eigenvalue weighted by Crippen LogP contribution is 2.31.